The summed E-state index contributed by atoms with van der Waals surface area (Å²) in [6.45, 7) is 3.11. The van der Waals surface area contributed by atoms with Crippen molar-refractivity contribution >= 4 is 10.0 Å². The van der Waals surface area contributed by atoms with Crippen molar-refractivity contribution < 1.29 is 13.2 Å². The van der Waals surface area contributed by atoms with Gasteiger partial charge in [-0.25, -0.2) is 13.1 Å². The number of hydrogen-bond acceptors (Lipinski definition) is 4. The zero-order chi connectivity index (χ0) is 12.7. The summed E-state index contributed by atoms with van der Waals surface area (Å²) in [5.41, 5.74) is 5.97. The molecular weight excluding hydrogens is 240 g/mol. The highest BCUT2D eigenvalue weighted by Crippen LogP contribution is 2.22. The van der Waals surface area contributed by atoms with Crippen molar-refractivity contribution in [3.63, 3.8) is 0 Å². The minimum atomic E-state index is -3.21. The molecule has 1 saturated carbocycles. The second-order valence-electron chi connectivity index (χ2n) is 4.57. The van der Waals surface area contributed by atoms with Crippen LogP contribution in [0.2, 0.25) is 0 Å². The maximum atomic E-state index is 11.6. The SMILES string of the molecule is CCOCCS(=O)(=O)NCC1CCCCC1N. The van der Waals surface area contributed by atoms with Crippen LogP contribution in [-0.4, -0.2) is 40.0 Å². The molecule has 0 saturated heterocycles. The van der Waals surface area contributed by atoms with Gasteiger partial charge in [0.05, 0.1) is 12.4 Å². The fourth-order valence-corrected chi connectivity index (χ4v) is 3.06. The van der Waals surface area contributed by atoms with Crippen LogP contribution < -0.4 is 10.5 Å². The summed E-state index contributed by atoms with van der Waals surface area (Å²) in [4.78, 5) is 0. The predicted octanol–water partition coefficient (Wildman–Crippen LogP) is 0.460. The zero-order valence-corrected chi connectivity index (χ0v) is 11.3. The monoisotopic (exact) mass is 264 g/mol. The van der Waals surface area contributed by atoms with E-state index >= 15 is 0 Å². The second kappa shape index (κ2) is 7.31. The lowest BCUT2D eigenvalue weighted by Crippen LogP contribution is -2.41. The number of hydrogen-bond donors (Lipinski definition) is 2. The lowest BCUT2D eigenvalue weighted by atomic mass is 9.85. The van der Waals surface area contributed by atoms with E-state index in [9.17, 15) is 8.42 Å². The van der Waals surface area contributed by atoms with Gasteiger partial charge in [0.15, 0.2) is 0 Å². The first-order valence-corrected chi connectivity index (χ1v) is 8.01. The molecule has 5 nitrogen and oxygen atoms in total. The van der Waals surface area contributed by atoms with Gasteiger partial charge in [-0.15, -0.1) is 0 Å². The Morgan fingerprint density at radius 3 is 2.71 bits per heavy atom. The highest BCUT2D eigenvalue weighted by atomic mass is 32.2. The highest BCUT2D eigenvalue weighted by molar-refractivity contribution is 7.89. The third kappa shape index (κ3) is 5.81. The van der Waals surface area contributed by atoms with Crippen molar-refractivity contribution in [3.05, 3.63) is 0 Å². The largest absolute Gasteiger partial charge is 0.381 e. The zero-order valence-electron chi connectivity index (χ0n) is 10.5. The third-order valence-electron chi connectivity index (χ3n) is 3.23. The summed E-state index contributed by atoms with van der Waals surface area (Å²) < 4.78 is 30.9. The van der Waals surface area contributed by atoms with E-state index < -0.39 is 10.0 Å². The first-order valence-electron chi connectivity index (χ1n) is 6.36. The van der Waals surface area contributed by atoms with E-state index in [0.717, 1.165) is 25.7 Å². The van der Waals surface area contributed by atoms with Crippen LogP contribution in [-0.2, 0) is 14.8 Å². The molecule has 1 rings (SSSR count). The Hall–Kier alpha value is -0.170. The Bertz CT molecular complexity index is 306. The highest BCUT2D eigenvalue weighted by Gasteiger charge is 2.23. The molecule has 102 valence electrons. The molecular formula is C11H24N2O3S. The summed E-state index contributed by atoms with van der Waals surface area (Å²) >= 11 is 0. The van der Waals surface area contributed by atoms with Crippen molar-refractivity contribution in [2.75, 3.05) is 25.5 Å². The molecule has 17 heavy (non-hydrogen) atoms. The first-order chi connectivity index (χ1) is 8.05. The van der Waals surface area contributed by atoms with Gasteiger partial charge < -0.3 is 10.5 Å². The minimum absolute atomic E-state index is 0.0306. The Morgan fingerprint density at radius 1 is 1.35 bits per heavy atom. The fourth-order valence-electron chi connectivity index (χ4n) is 2.11. The molecule has 0 aromatic heterocycles. The molecule has 1 aliphatic rings. The van der Waals surface area contributed by atoms with Crippen LogP contribution in [0.3, 0.4) is 0 Å². The van der Waals surface area contributed by atoms with E-state index in [1.54, 1.807) is 0 Å². The Morgan fingerprint density at radius 2 is 2.06 bits per heavy atom. The molecule has 6 heteroatoms. The molecule has 2 unspecified atom stereocenters. The van der Waals surface area contributed by atoms with Crippen LogP contribution in [0.4, 0.5) is 0 Å². The van der Waals surface area contributed by atoms with Gasteiger partial charge in [0.25, 0.3) is 0 Å². The summed E-state index contributed by atoms with van der Waals surface area (Å²) in [7, 11) is -3.21. The molecule has 0 radical (unpaired) electrons. The number of rotatable bonds is 7. The van der Waals surface area contributed by atoms with Crippen LogP contribution in [0.1, 0.15) is 32.6 Å². The van der Waals surface area contributed by atoms with Crippen LogP contribution in [0.25, 0.3) is 0 Å². The van der Waals surface area contributed by atoms with E-state index in [1.165, 1.54) is 0 Å². The van der Waals surface area contributed by atoms with Crippen molar-refractivity contribution in [2.24, 2.45) is 11.7 Å². The van der Waals surface area contributed by atoms with Gasteiger partial charge in [0, 0.05) is 19.2 Å². The first kappa shape index (κ1) is 14.9. The van der Waals surface area contributed by atoms with Crippen molar-refractivity contribution in [2.45, 2.75) is 38.6 Å². The van der Waals surface area contributed by atoms with Gasteiger partial charge in [-0.2, -0.15) is 0 Å². The number of sulfonamides is 1. The lowest BCUT2D eigenvalue weighted by Gasteiger charge is -2.28. The van der Waals surface area contributed by atoms with Gasteiger partial charge in [-0.1, -0.05) is 12.8 Å². The molecule has 0 amide bonds. The number of nitrogens with two attached hydrogens (primary N) is 1. The minimum Gasteiger partial charge on any atom is -0.381 e. The molecule has 3 N–H and O–H groups in total. The third-order valence-corrected chi connectivity index (χ3v) is 4.54. The standard InChI is InChI=1S/C11H24N2O3S/c1-2-16-7-8-17(14,15)13-9-10-5-3-4-6-11(10)12/h10-11,13H,2-9,12H2,1H3. The molecule has 0 aliphatic heterocycles. The summed E-state index contributed by atoms with van der Waals surface area (Å²) in [6, 6.07) is 0.137. The molecule has 0 bridgehead atoms. The van der Waals surface area contributed by atoms with E-state index in [2.05, 4.69) is 4.72 Å². The average Bonchev–Trinajstić information content (AvgIpc) is 2.28. The van der Waals surface area contributed by atoms with E-state index in [1.807, 2.05) is 6.92 Å². The molecule has 0 spiro atoms. The average molecular weight is 264 g/mol. The molecule has 0 aromatic rings. The van der Waals surface area contributed by atoms with Crippen molar-refractivity contribution in [1.82, 2.24) is 4.72 Å². The summed E-state index contributed by atoms with van der Waals surface area (Å²) in [5, 5.41) is 0. The van der Waals surface area contributed by atoms with E-state index in [-0.39, 0.29) is 24.3 Å². The molecule has 0 heterocycles. The topological polar surface area (TPSA) is 81.4 Å². The van der Waals surface area contributed by atoms with Crippen LogP contribution in [0, 0.1) is 5.92 Å². The molecule has 0 aromatic carbocycles. The second-order valence-corrected chi connectivity index (χ2v) is 6.50. The van der Waals surface area contributed by atoms with Crippen LogP contribution in [0.15, 0.2) is 0 Å². The van der Waals surface area contributed by atoms with Gasteiger partial charge >= 0.3 is 0 Å². The molecule has 1 fully saturated rings. The van der Waals surface area contributed by atoms with Crippen LogP contribution >= 0.6 is 0 Å². The Labute approximate surface area is 104 Å². The summed E-state index contributed by atoms with van der Waals surface area (Å²) in [5.74, 6) is 0.314. The van der Waals surface area contributed by atoms with E-state index in [4.69, 9.17) is 10.5 Å². The van der Waals surface area contributed by atoms with Gasteiger partial charge in [0.2, 0.25) is 10.0 Å². The number of nitrogens with one attached hydrogen (secondary N) is 1. The fraction of sp³-hybridized carbons (Fsp3) is 1.00. The normalized spacial score (nSPS) is 26.0. The molecule has 2 atom stereocenters. The predicted molar refractivity (Wildman–Crippen MR) is 68.2 cm³/mol. The quantitative estimate of drug-likeness (QED) is 0.655. The summed E-state index contributed by atoms with van der Waals surface area (Å²) in [6.07, 6.45) is 4.34. The smallest absolute Gasteiger partial charge is 0.213 e. The van der Waals surface area contributed by atoms with Gasteiger partial charge in [-0.3, -0.25) is 0 Å². The lowest BCUT2D eigenvalue weighted by molar-refractivity contribution is 0.163. The van der Waals surface area contributed by atoms with Gasteiger partial charge in [-0.05, 0) is 25.7 Å². The Kier molecular flexibility index (Phi) is 6.40. The molecule has 1 aliphatic carbocycles. The van der Waals surface area contributed by atoms with Gasteiger partial charge in [0.1, 0.15) is 0 Å². The van der Waals surface area contributed by atoms with Crippen molar-refractivity contribution in [1.29, 1.82) is 0 Å². The van der Waals surface area contributed by atoms with Crippen LogP contribution in [0.5, 0.6) is 0 Å². The number of ether oxygens (including phenoxy) is 1. The van der Waals surface area contributed by atoms with E-state index in [0.29, 0.717) is 13.2 Å². The van der Waals surface area contributed by atoms with Crippen molar-refractivity contribution in [3.8, 4) is 0 Å². The maximum Gasteiger partial charge on any atom is 0.213 e. The Balaban J connectivity index is 2.28. The maximum absolute atomic E-state index is 11.6.